The van der Waals surface area contributed by atoms with Crippen molar-refractivity contribution in [1.29, 1.82) is 0 Å². The van der Waals surface area contributed by atoms with Gasteiger partial charge in [0.2, 0.25) is 0 Å². The van der Waals surface area contributed by atoms with Gasteiger partial charge in [-0.1, -0.05) is 9.24 Å². The molecule has 0 fully saturated rings. The number of fused-ring (bicyclic) bond motifs is 1. The number of ether oxygens (including phenoxy) is 3. The van der Waals surface area contributed by atoms with Crippen LogP contribution in [0.2, 0.25) is 0 Å². The number of pyridine rings is 2. The van der Waals surface area contributed by atoms with Crippen LogP contribution in [0.4, 0.5) is 0 Å². The van der Waals surface area contributed by atoms with Crippen molar-refractivity contribution >= 4 is 25.6 Å². The number of hydrogen-bond donors (Lipinski definition) is 0. The second-order valence-electron chi connectivity index (χ2n) is 4.55. The zero-order valence-corrected chi connectivity index (χ0v) is 13.4. The Hall–Kier alpha value is -2.39. The van der Waals surface area contributed by atoms with E-state index >= 15 is 0 Å². The number of nitrogens with zero attached hydrogens (tertiary/aromatic N) is 2. The molecule has 2 aromatic heterocycles. The van der Waals surface area contributed by atoms with Crippen molar-refractivity contribution in [3.8, 4) is 23.0 Å². The molecule has 1 aromatic carbocycles. The van der Waals surface area contributed by atoms with Gasteiger partial charge >= 0.3 is 0 Å². The van der Waals surface area contributed by atoms with Crippen molar-refractivity contribution in [3.63, 3.8) is 0 Å². The van der Waals surface area contributed by atoms with Gasteiger partial charge in [-0.3, -0.25) is 9.97 Å². The molecule has 0 aliphatic carbocycles. The van der Waals surface area contributed by atoms with Gasteiger partial charge in [0.05, 0.1) is 31.4 Å². The Morgan fingerprint density at radius 3 is 2.36 bits per heavy atom. The van der Waals surface area contributed by atoms with Crippen LogP contribution in [0.5, 0.6) is 23.0 Å². The molecule has 3 rings (SSSR count). The molecule has 0 bridgehead atoms. The zero-order valence-electron chi connectivity index (χ0n) is 12.2. The third-order valence-electron chi connectivity index (χ3n) is 3.19. The number of aromatic nitrogens is 2. The Morgan fingerprint density at radius 2 is 1.68 bits per heavy atom. The average Bonchev–Trinajstić information content (AvgIpc) is 2.56. The highest BCUT2D eigenvalue weighted by Gasteiger charge is 2.11. The van der Waals surface area contributed by atoms with Crippen LogP contribution in [0.1, 0.15) is 0 Å². The first kappa shape index (κ1) is 14.5. The minimum Gasteiger partial charge on any atom is -0.493 e. The lowest BCUT2D eigenvalue weighted by Crippen LogP contribution is -1.97. The van der Waals surface area contributed by atoms with Gasteiger partial charge in [-0.2, -0.15) is 0 Å². The third kappa shape index (κ3) is 2.81. The molecule has 2 heterocycles. The summed E-state index contributed by atoms with van der Waals surface area (Å²) in [6.45, 7) is 0. The molecule has 1 atom stereocenters. The largest absolute Gasteiger partial charge is 0.493 e. The van der Waals surface area contributed by atoms with Crippen LogP contribution >= 0.6 is 9.24 Å². The van der Waals surface area contributed by atoms with Crippen LogP contribution in [-0.2, 0) is 0 Å². The van der Waals surface area contributed by atoms with Gasteiger partial charge in [0, 0.05) is 17.6 Å². The summed E-state index contributed by atoms with van der Waals surface area (Å²) < 4.78 is 16.6. The van der Waals surface area contributed by atoms with Gasteiger partial charge in [-0.05, 0) is 24.3 Å². The highest BCUT2D eigenvalue weighted by atomic mass is 31.0. The smallest absolute Gasteiger partial charge is 0.162 e. The fourth-order valence-electron chi connectivity index (χ4n) is 2.12. The standard InChI is InChI=1S/C16H15N2O3P/c1-19-14-7-11-12(8-15(14)20-2)17-6-5-13(11)21-10-3-4-16(22)18-9-10/h3-9H,22H2,1-2H3. The Labute approximate surface area is 130 Å². The van der Waals surface area contributed by atoms with E-state index in [4.69, 9.17) is 14.2 Å². The van der Waals surface area contributed by atoms with Crippen molar-refractivity contribution in [2.45, 2.75) is 0 Å². The second-order valence-corrected chi connectivity index (χ2v) is 5.15. The second kappa shape index (κ2) is 6.16. The first-order chi connectivity index (χ1) is 10.7. The molecule has 0 radical (unpaired) electrons. The maximum absolute atomic E-state index is 5.91. The molecule has 112 valence electrons. The third-order valence-corrected chi connectivity index (χ3v) is 3.54. The molecule has 0 aliphatic rings. The van der Waals surface area contributed by atoms with Crippen molar-refractivity contribution < 1.29 is 14.2 Å². The molecule has 0 N–H and O–H groups in total. The van der Waals surface area contributed by atoms with Gasteiger partial charge in [0.1, 0.15) is 11.5 Å². The van der Waals surface area contributed by atoms with Crippen molar-refractivity contribution in [3.05, 3.63) is 42.7 Å². The molecule has 5 nitrogen and oxygen atoms in total. The van der Waals surface area contributed by atoms with Crippen molar-refractivity contribution in [2.75, 3.05) is 14.2 Å². The van der Waals surface area contributed by atoms with Crippen LogP contribution in [0.25, 0.3) is 10.9 Å². The highest BCUT2D eigenvalue weighted by Crippen LogP contribution is 2.36. The molecular weight excluding hydrogens is 299 g/mol. The first-order valence-corrected chi connectivity index (χ1v) is 7.19. The van der Waals surface area contributed by atoms with Gasteiger partial charge in [-0.25, -0.2) is 0 Å². The molecule has 0 aliphatic heterocycles. The molecular formula is C16H15N2O3P. The Kier molecular flexibility index (Phi) is 4.07. The number of rotatable bonds is 4. The average molecular weight is 314 g/mol. The van der Waals surface area contributed by atoms with Crippen LogP contribution in [-0.4, -0.2) is 24.2 Å². The normalized spacial score (nSPS) is 10.5. The summed E-state index contributed by atoms with van der Waals surface area (Å²) in [6.07, 6.45) is 3.37. The van der Waals surface area contributed by atoms with Crippen LogP contribution in [0.15, 0.2) is 42.7 Å². The fourth-order valence-corrected chi connectivity index (χ4v) is 2.29. The first-order valence-electron chi connectivity index (χ1n) is 6.61. The van der Waals surface area contributed by atoms with Crippen LogP contribution < -0.4 is 19.6 Å². The maximum atomic E-state index is 5.91. The van der Waals surface area contributed by atoms with E-state index in [0.29, 0.717) is 23.0 Å². The molecule has 6 heteroatoms. The molecule has 1 unspecified atom stereocenters. The zero-order chi connectivity index (χ0) is 15.5. The van der Waals surface area contributed by atoms with Crippen molar-refractivity contribution in [2.24, 2.45) is 0 Å². The summed E-state index contributed by atoms with van der Waals surface area (Å²) >= 11 is 0. The summed E-state index contributed by atoms with van der Waals surface area (Å²) in [6, 6.07) is 9.22. The molecule has 0 amide bonds. The Bertz CT molecular complexity index is 806. The van der Waals surface area contributed by atoms with E-state index in [0.717, 1.165) is 16.3 Å². The van der Waals surface area contributed by atoms with Gasteiger partial charge in [0.15, 0.2) is 11.5 Å². The summed E-state index contributed by atoms with van der Waals surface area (Å²) in [4.78, 5) is 8.54. The van der Waals surface area contributed by atoms with Gasteiger partial charge in [-0.15, -0.1) is 0 Å². The van der Waals surface area contributed by atoms with E-state index in [9.17, 15) is 0 Å². The monoisotopic (exact) mass is 314 g/mol. The summed E-state index contributed by atoms with van der Waals surface area (Å²) in [5.74, 6) is 2.61. The lowest BCUT2D eigenvalue weighted by atomic mass is 10.2. The number of methoxy groups -OCH3 is 2. The maximum Gasteiger partial charge on any atom is 0.162 e. The quantitative estimate of drug-likeness (QED) is 0.693. The van der Waals surface area contributed by atoms with Gasteiger partial charge < -0.3 is 14.2 Å². The Morgan fingerprint density at radius 1 is 0.909 bits per heavy atom. The van der Waals surface area contributed by atoms with Gasteiger partial charge in [0.25, 0.3) is 0 Å². The topological polar surface area (TPSA) is 53.5 Å². The van der Waals surface area contributed by atoms with E-state index in [-0.39, 0.29) is 0 Å². The van der Waals surface area contributed by atoms with E-state index in [1.54, 1.807) is 26.6 Å². The predicted molar refractivity (Wildman–Crippen MR) is 88.5 cm³/mol. The number of hydrogen-bond acceptors (Lipinski definition) is 5. The van der Waals surface area contributed by atoms with E-state index < -0.39 is 0 Å². The minimum absolute atomic E-state index is 0.631. The van der Waals surface area contributed by atoms with E-state index in [1.807, 2.05) is 30.3 Å². The van der Waals surface area contributed by atoms with E-state index in [2.05, 4.69) is 19.2 Å². The Balaban J connectivity index is 2.07. The number of benzene rings is 1. The molecule has 0 saturated carbocycles. The predicted octanol–water partition coefficient (Wildman–Crippen LogP) is 2.94. The molecule has 0 saturated heterocycles. The minimum atomic E-state index is 0.631. The molecule has 0 spiro atoms. The van der Waals surface area contributed by atoms with Crippen LogP contribution in [0, 0.1) is 0 Å². The molecule has 3 aromatic rings. The molecule has 22 heavy (non-hydrogen) atoms. The van der Waals surface area contributed by atoms with E-state index in [1.165, 1.54) is 0 Å². The lowest BCUT2D eigenvalue weighted by Gasteiger charge is -2.12. The fraction of sp³-hybridized carbons (Fsp3) is 0.125. The summed E-state index contributed by atoms with van der Waals surface area (Å²) in [7, 11) is 5.74. The SMILES string of the molecule is COc1cc2nccc(Oc3ccc(P)nc3)c2cc1OC. The highest BCUT2D eigenvalue weighted by molar-refractivity contribution is 7.26. The van der Waals surface area contributed by atoms with Crippen molar-refractivity contribution in [1.82, 2.24) is 9.97 Å². The summed E-state index contributed by atoms with van der Waals surface area (Å²) in [5, 5.41) is 0.843. The lowest BCUT2D eigenvalue weighted by molar-refractivity contribution is 0.355. The summed E-state index contributed by atoms with van der Waals surface area (Å²) in [5.41, 5.74) is 1.63. The van der Waals surface area contributed by atoms with Crippen LogP contribution in [0.3, 0.4) is 0 Å².